The van der Waals surface area contributed by atoms with Gasteiger partial charge in [-0.1, -0.05) is 0 Å². The van der Waals surface area contributed by atoms with Gasteiger partial charge in [0.05, 0.1) is 35.0 Å². The Labute approximate surface area is 212 Å². The van der Waals surface area contributed by atoms with Crippen LogP contribution in [0.25, 0.3) is 55.7 Å². The lowest BCUT2D eigenvalue weighted by Crippen LogP contribution is -2.34. The predicted octanol–water partition coefficient (Wildman–Crippen LogP) is 4.76. The summed E-state index contributed by atoms with van der Waals surface area (Å²) in [5.74, 6) is 0.769. The number of ether oxygens (including phenoxy) is 1. The van der Waals surface area contributed by atoms with Crippen molar-refractivity contribution in [3.05, 3.63) is 73.6 Å². The summed E-state index contributed by atoms with van der Waals surface area (Å²) in [6, 6.07) is 12.1. The van der Waals surface area contributed by atoms with Crippen molar-refractivity contribution < 1.29 is 4.74 Å². The summed E-state index contributed by atoms with van der Waals surface area (Å²) < 4.78 is 6.20. The van der Waals surface area contributed by atoms with Crippen molar-refractivity contribution >= 4 is 21.8 Å². The van der Waals surface area contributed by atoms with Crippen LogP contribution >= 0.6 is 0 Å². The number of nitrogens with zero attached hydrogens (tertiary/aromatic N) is 5. The minimum Gasteiger partial charge on any atom is -0.489 e. The van der Waals surface area contributed by atoms with E-state index in [4.69, 9.17) is 4.74 Å². The molecule has 6 aromatic heterocycles. The molecule has 1 aliphatic rings. The average Bonchev–Trinajstić information content (AvgIpc) is 3.58. The van der Waals surface area contributed by atoms with E-state index in [0.717, 1.165) is 87.4 Å². The van der Waals surface area contributed by atoms with Crippen molar-refractivity contribution in [1.82, 2.24) is 40.4 Å². The quantitative estimate of drug-likeness (QED) is 0.320. The molecule has 0 aromatic carbocycles. The Balaban J connectivity index is 1.26. The van der Waals surface area contributed by atoms with Gasteiger partial charge in [0.1, 0.15) is 17.5 Å². The Bertz CT molecular complexity index is 1700. The molecule has 0 spiro atoms. The molecule has 1 fully saturated rings. The highest BCUT2D eigenvalue weighted by atomic mass is 16.5. The van der Waals surface area contributed by atoms with Crippen LogP contribution in [0.15, 0.2) is 73.6 Å². The van der Waals surface area contributed by atoms with Gasteiger partial charge in [-0.3, -0.25) is 25.0 Å². The number of piperidine rings is 1. The van der Waals surface area contributed by atoms with E-state index in [2.05, 4.69) is 46.5 Å². The summed E-state index contributed by atoms with van der Waals surface area (Å²) in [6.07, 6.45) is 13.0. The highest BCUT2D eigenvalue weighted by Crippen LogP contribution is 2.34. The van der Waals surface area contributed by atoms with E-state index in [9.17, 15) is 0 Å². The first-order valence-electron chi connectivity index (χ1n) is 12.4. The molecule has 0 radical (unpaired) electrons. The summed E-state index contributed by atoms with van der Waals surface area (Å²) in [5, 5.41) is 13.1. The first-order chi connectivity index (χ1) is 18.3. The molecule has 6 aromatic rings. The standard InChI is InChI=1S/C28H24N8O/c1-6-29-7-2-17(1)27-21-13-25(34-23(21)5-10-32-27)28-22-12-24(33-16-26(22)35-36-28)18-11-20(15-31-14-18)37-19-3-8-30-9-4-19/h1-2,5-7,10-16,19,30,34H,3-4,8-9H2,(H,35,36). The number of rotatable bonds is 5. The van der Waals surface area contributed by atoms with Gasteiger partial charge in [0.25, 0.3) is 0 Å². The Kier molecular flexibility index (Phi) is 5.32. The Hall–Kier alpha value is -4.63. The highest BCUT2D eigenvalue weighted by molar-refractivity contribution is 6.00. The van der Waals surface area contributed by atoms with Gasteiger partial charge >= 0.3 is 0 Å². The predicted molar refractivity (Wildman–Crippen MR) is 142 cm³/mol. The van der Waals surface area contributed by atoms with Crippen LogP contribution in [0.2, 0.25) is 0 Å². The minimum absolute atomic E-state index is 0.211. The van der Waals surface area contributed by atoms with Crippen molar-refractivity contribution in [3.63, 3.8) is 0 Å². The van der Waals surface area contributed by atoms with E-state index < -0.39 is 0 Å². The topological polar surface area (TPSA) is 117 Å². The summed E-state index contributed by atoms with van der Waals surface area (Å²) in [5.41, 5.74) is 7.22. The summed E-state index contributed by atoms with van der Waals surface area (Å²) in [7, 11) is 0. The molecule has 0 unspecified atom stereocenters. The third-order valence-electron chi connectivity index (χ3n) is 6.80. The van der Waals surface area contributed by atoms with Gasteiger partial charge < -0.3 is 15.0 Å². The maximum Gasteiger partial charge on any atom is 0.138 e. The Morgan fingerprint density at radius 1 is 0.757 bits per heavy atom. The minimum atomic E-state index is 0.211. The fourth-order valence-electron chi connectivity index (χ4n) is 4.93. The van der Waals surface area contributed by atoms with Crippen LogP contribution < -0.4 is 10.1 Å². The van der Waals surface area contributed by atoms with E-state index >= 15 is 0 Å². The number of aromatic amines is 2. The third-order valence-corrected chi connectivity index (χ3v) is 6.80. The van der Waals surface area contributed by atoms with Crippen LogP contribution in [-0.4, -0.2) is 54.3 Å². The van der Waals surface area contributed by atoms with Crippen molar-refractivity contribution in [2.45, 2.75) is 18.9 Å². The second-order valence-corrected chi connectivity index (χ2v) is 9.20. The molecule has 9 nitrogen and oxygen atoms in total. The van der Waals surface area contributed by atoms with Crippen LogP contribution in [0.1, 0.15) is 12.8 Å². The monoisotopic (exact) mass is 488 g/mol. The van der Waals surface area contributed by atoms with Crippen molar-refractivity contribution in [2.75, 3.05) is 13.1 Å². The molecule has 0 saturated carbocycles. The van der Waals surface area contributed by atoms with Gasteiger partial charge in [0.2, 0.25) is 0 Å². The molecule has 7 rings (SSSR count). The zero-order chi connectivity index (χ0) is 24.6. The largest absolute Gasteiger partial charge is 0.489 e. The first kappa shape index (κ1) is 21.6. The number of pyridine rings is 4. The van der Waals surface area contributed by atoms with Crippen LogP contribution in [-0.2, 0) is 0 Å². The van der Waals surface area contributed by atoms with Gasteiger partial charge in [0.15, 0.2) is 0 Å². The number of fused-ring (bicyclic) bond motifs is 2. The lowest BCUT2D eigenvalue weighted by molar-refractivity contribution is 0.162. The van der Waals surface area contributed by atoms with Gasteiger partial charge in [-0.2, -0.15) is 5.10 Å². The van der Waals surface area contributed by atoms with Gasteiger partial charge in [-0.15, -0.1) is 0 Å². The van der Waals surface area contributed by atoms with Crippen LogP contribution in [0.4, 0.5) is 0 Å². The zero-order valence-electron chi connectivity index (χ0n) is 20.0. The Morgan fingerprint density at radius 3 is 2.51 bits per heavy atom. The maximum absolute atomic E-state index is 6.20. The molecule has 0 aliphatic carbocycles. The maximum atomic E-state index is 6.20. The van der Waals surface area contributed by atoms with Gasteiger partial charge in [-0.05, 0) is 62.3 Å². The normalized spacial score (nSPS) is 14.4. The number of hydrogen-bond acceptors (Lipinski definition) is 7. The third kappa shape index (κ3) is 4.09. The lowest BCUT2D eigenvalue weighted by atomic mass is 10.1. The molecule has 3 N–H and O–H groups in total. The Morgan fingerprint density at radius 2 is 1.62 bits per heavy atom. The molecule has 7 heterocycles. The van der Waals surface area contributed by atoms with E-state index in [1.165, 1.54) is 0 Å². The smallest absolute Gasteiger partial charge is 0.138 e. The molecular formula is C28H24N8O. The van der Waals surface area contributed by atoms with E-state index in [-0.39, 0.29) is 6.10 Å². The SMILES string of the molecule is c1cc(-c2nccc3[nH]c(-c4n[nH]c5cnc(-c6cncc(OC7CCNCC7)c6)cc45)cc23)ccn1. The fraction of sp³-hybridized carbons (Fsp3) is 0.179. The van der Waals surface area contributed by atoms with Crippen molar-refractivity contribution in [3.8, 4) is 39.7 Å². The molecule has 1 saturated heterocycles. The molecule has 1 aliphatic heterocycles. The van der Waals surface area contributed by atoms with Crippen LogP contribution in [0.5, 0.6) is 5.75 Å². The van der Waals surface area contributed by atoms with Crippen LogP contribution in [0.3, 0.4) is 0 Å². The van der Waals surface area contributed by atoms with E-state index in [1.807, 2.05) is 48.9 Å². The summed E-state index contributed by atoms with van der Waals surface area (Å²) in [4.78, 5) is 21.4. The van der Waals surface area contributed by atoms with E-state index in [1.54, 1.807) is 18.6 Å². The molecule has 0 amide bonds. The number of nitrogens with one attached hydrogen (secondary N) is 3. The van der Waals surface area contributed by atoms with Gasteiger partial charge in [-0.25, -0.2) is 0 Å². The molecular weight excluding hydrogens is 464 g/mol. The molecule has 182 valence electrons. The van der Waals surface area contributed by atoms with Crippen molar-refractivity contribution in [1.29, 1.82) is 0 Å². The highest BCUT2D eigenvalue weighted by Gasteiger charge is 2.17. The number of aromatic nitrogens is 7. The zero-order valence-corrected chi connectivity index (χ0v) is 20.0. The molecule has 0 atom stereocenters. The number of H-pyrrole nitrogens is 2. The molecule has 9 heteroatoms. The number of hydrogen-bond donors (Lipinski definition) is 3. The second kappa shape index (κ2) is 9.11. The molecule has 0 bridgehead atoms. The molecule has 37 heavy (non-hydrogen) atoms. The van der Waals surface area contributed by atoms with E-state index in [0.29, 0.717) is 0 Å². The average molecular weight is 489 g/mol. The fourth-order valence-corrected chi connectivity index (χ4v) is 4.93. The summed E-state index contributed by atoms with van der Waals surface area (Å²) in [6.45, 7) is 1.96. The first-order valence-corrected chi connectivity index (χ1v) is 12.4. The summed E-state index contributed by atoms with van der Waals surface area (Å²) >= 11 is 0. The van der Waals surface area contributed by atoms with Crippen molar-refractivity contribution in [2.24, 2.45) is 0 Å². The van der Waals surface area contributed by atoms with Crippen LogP contribution in [0, 0.1) is 0 Å². The lowest BCUT2D eigenvalue weighted by Gasteiger charge is -2.23. The van der Waals surface area contributed by atoms with Gasteiger partial charge in [0, 0.05) is 52.2 Å². The second-order valence-electron chi connectivity index (χ2n) is 9.20.